The fraction of sp³-hybridized carbons (Fsp3) is 0.500. The number of carbonyl (C=O) groups excluding carboxylic acids is 1. The maximum Gasteiger partial charge on any atom is 0.227 e. The fourth-order valence-electron chi connectivity index (χ4n) is 7.91. The number of methoxy groups -OCH3 is 1. The van der Waals surface area contributed by atoms with E-state index in [0.29, 0.717) is 29.7 Å². The van der Waals surface area contributed by atoms with Gasteiger partial charge < -0.3 is 24.7 Å². The Bertz CT molecular complexity index is 1570. The molecule has 0 unspecified atom stereocenters. The van der Waals surface area contributed by atoms with Gasteiger partial charge in [0.15, 0.2) is 17.3 Å². The molecule has 3 N–H and O–H groups in total. The summed E-state index contributed by atoms with van der Waals surface area (Å²) < 4.78 is 11.1. The summed E-state index contributed by atoms with van der Waals surface area (Å²) >= 11 is 0. The lowest BCUT2D eigenvalue weighted by Gasteiger charge is -2.55. The molecule has 0 saturated heterocycles. The first-order valence-corrected chi connectivity index (χ1v) is 15.5. The van der Waals surface area contributed by atoms with E-state index >= 15 is 0 Å². The van der Waals surface area contributed by atoms with Crippen LogP contribution in [0.5, 0.6) is 17.2 Å². The second-order valence-corrected chi connectivity index (χ2v) is 13.5. The van der Waals surface area contributed by atoms with Crippen LogP contribution in [0, 0.1) is 18.3 Å². The molecular weight excluding hydrogens is 542 g/mol. The summed E-state index contributed by atoms with van der Waals surface area (Å²) in [6, 6.07) is 13.0. The fourth-order valence-corrected chi connectivity index (χ4v) is 7.91. The van der Waals surface area contributed by atoms with Gasteiger partial charge in [-0.25, -0.2) is 0 Å². The predicted octanol–water partition coefficient (Wildman–Crippen LogP) is 6.84. The Kier molecular flexibility index (Phi) is 8.39. The van der Waals surface area contributed by atoms with Gasteiger partial charge in [-0.3, -0.25) is 9.59 Å². The Balaban J connectivity index is 1.39. The first-order valence-electron chi connectivity index (χ1n) is 15.5. The van der Waals surface area contributed by atoms with E-state index in [4.69, 9.17) is 9.15 Å². The smallest absolute Gasteiger partial charge is 0.227 e. The van der Waals surface area contributed by atoms with Crippen molar-refractivity contribution in [2.24, 2.45) is 11.3 Å². The van der Waals surface area contributed by atoms with E-state index < -0.39 is 17.1 Å². The van der Waals surface area contributed by atoms with Crippen molar-refractivity contribution in [3.05, 3.63) is 86.5 Å². The third-order valence-corrected chi connectivity index (χ3v) is 10.2. The molecule has 43 heavy (non-hydrogen) atoms. The number of nitrogens with one attached hydrogen (secondary N) is 1. The van der Waals surface area contributed by atoms with E-state index in [0.717, 1.165) is 32.1 Å². The number of phenolic OH excluding ortho intramolecular Hbond substituents is 1. The molecule has 2 aliphatic carbocycles. The van der Waals surface area contributed by atoms with E-state index in [2.05, 4.69) is 51.2 Å². The number of fused-ring (bicyclic) bond motifs is 3. The second kappa shape index (κ2) is 11.7. The third kappa shape index (κ3) is 5.78. The quantitative estimate of drug-likeness (QED) is 0.266. The minimum atomic E-state index is -0.761. The molecule has 1 saturated carbocycles. The van der Waals surface area contributed by atoms with Crippen LogP contribution in [0.3, 0.4) is 0 Å². The number of hydrogen-bond acceptors (Lipinski definition) is 6. The van der Waals surface area contributed by atoms with Gasteiger partial charge in [0.1, 0.15) is 5.76 Å². The Morgan fingerprint density at radius 2 is 1.84 bits per heavy atom. The van der Waals surface area contributed by atoms with Crippen LogP contribution in [-0.2, 0) is 16.6 Å². The van der Waals surface area contributed by atoms with Crippen LogP contribution in [0.25, 0.3) is 0 Å². The third-order valence-electron chi connectivity index (χ3n) is 10.2. The average Bonchev–Trinajstić information content (AvgIpc) is 2.97. The molecule has 0 bridgehead atoms. The predicted molar refractivity (Wildman–Crippen MR) is 167 cm³/mol. The average molecular weight is 588 g/mol. The largest absolute Gasteiger partial charge is 0.504 e. The van der Waals surface area contributed by atoms with Crippen LogP contribution >= 0.6 is 0 Å². The van der Waals surface area contributed by atoms with Gasteiger partial charge in [-0.15, -0.1) is 0 Å². The van der Waals surface area contributed by atoms with Crippen LogP contribution < -0.4 is 15.5 Å². The molecule has 1 aromatic heterocycles. The molecule has 0 radical (unpaired) electrons. The molecule has 230 valence electrons. The lowest BCUT2D eigenvalue weighted by molar-refractivity contribution is -0.122. The zero-order valence-electron chi connectivity index (χ0n) is 26.3. The first-order chi connectivity index (χ1) is 20.4. The van der Waals surface area contributed by atoms with Gasteiger partial charge >= 0.3 is 0 Å². The molecule has 1 heterocycles. The molecule has 5 rings (SSSR count). The molecule has 7 heteroatoms. The first kappa shape index (κ1) is 30.7. The number of carbonyl (C=O) groups is 1. The van der Waals surface area contributed by atoms with Crippen LogP contribution in [0.4, 0.5) is 0 Å². The van der Waals surface area contributed by atoms with Crippen LogP contribution in [0.2, 0.25) is 0 Å². The van der Waals surface area contributed by atoms with Crippen molar-refractivity contribution in [2.45, 2.75) is 90.4 Å². The molecule has 2 aliphatic rings. The van der Waals surface area contributed by atoms with Gasteiger partial charge in [-0.05, 0) is 89.7 Å². The van der Waals surface area contributed by atoms with Crippen molar-refractivity contribution in [2.75, 3.05) is 13.7 Å². The lowest BCUT2D eigenvalue weighted by atomic mass is 9.49. The lowest BCUT2D eigenvalue weighted by Crippen LogP contribution is -2.53. The highest BCUT2D eigenvalue weighted by Crippen LogP contribution is 2.57. The number of rotatable bonds is 8. The normalized spacial score (nSPS) is 23.7. The minimum Gasteiger partial charge on any atom is -0.504 e. The van der Waals surface area contributed by atoms with Gasteiger partial charge in [0.25, 0.3) is 0 Å². The van der Waals surface area contributed by atoms with Crippen molar-refractivity contribution in [3.63, 3.8) is 0 Å². The summed E-state index contributed by atoms with van der Waals surface area (Å²) in [5.74, 6) is -0.0138. The van der Waals surface area contributed by atoms with Crippen molar-refractivity contribution in [3.8, 4) is 17.2 Å². The van der Waals surface area contributed by atoms with E-state index in [9.17, 15) is 19.8 Å². The van der Waals surface area contributed by atoms with Crippen molar-refractivity contribution in [1.82, 2.24) is 5.32 Å². The zero-order chi connectivity index (χ0) is 31.1. The number of aromatic hydroxyl groups is 2. The summed E-state index contributed by atoms with van der Waals surface area (Å²) in [6.07, 6.45) is 5.38. The number of hydrogen-bond donors (Lipinski definition) is 3. The van der Waals surface area contributed by atoms with Gasteiger partial charge in [-0.2, -0.15) is 0 Å². The Labute approximate surface area is 254 Å². The minimum absolute atomic E-state index is 0.0222. The monoisotopic (exact) mass is 587 g/mol. The Morgan fingerprint density at radius 1 is 1.09 bits per heavy atom. The topological polar surface area (TPSA) is 109 Å². The highest BCUT2D eigenvalue weighted by Gasteiger charge is 2.51. The van der Waals surface area contributed by atoms with Crippen molar-refractivity contribution in [1.29, 1.82) is 0 Å². The summed E-state index contributed by atoms with van der Waals surface area (Å²) in [4.78, 5) is 26.1. The molecular formula is C36H45NO6. The standard InChI is InChI=1S/C36H45NO6/c1-21(2)23-8-11-27-25(17-23)10-13-31-35(4,14-7-15-36(27,31)5)20-37-32(40)19-26(24-9-12-28(38)30(18-24)42-6)34-33(41)29(39)16-22(3)43-34/h8-9,11-12,16-18,21,26,31,38,41H,7,10,13-15,19-20H2,1-6H3,(H,37,40)/t26-,31-,35-,36-/m0/s1. The SMILES string of the molecule is COc1cc([C@H](CC(=O)NC[C@]2(C)CCC[C@@]3(C)c4ccc(C(C)C)cc4CC[C@@H]23)c2oc(C)cc(=O)c2O)ccc1O. The van der Waals surface area contributed by atoms with Crippen molar-refractivity contribution >= 4 is 5.91 Å². The molecule has 7 nitrogen and oxygen atoms in total. The number of benzene rings is 2. The van der Waals surface area contributed by atoms with E-state index in [1.165, 1.54) is 35.9 Å². The summed E-state index contributed by atoms with van der Waals surface area (Å²) in [5.41, 5.74) is 4.33. The molecule has 0 spiro atoms. The molecule has 4 atom stereocenters. The van der Waals surface area contributed by atoms with Crippen LogP contribution in [0.15, 0.2) is 51.7 Å². The molecule has 1 amide bonds. The van der Waals surface area contributed by atoms with Gasteiger partial charge in [-0.1, -0.05) is 58.4 Å². The van der Waals surface area contributed by atoms with Crippen LogP contribution in [0.1, 0.15) is 105 Å². The van der Waals surface area contributed by atoms with Crippen LogP contribution in [-0.4, -0.2) is 29.8 Å². The Hall–Kier alpha value is -3.74. The molecule has 1 fully saturated rings. The maximum absolute atomic E-state index is 13.6. The number of amides is 1. The number of phenols is 1. The Morgan fingerprint density at radius 3 is 2.56 bits per heavy atom. The van der Waals surface area contributed by atoms with E-state index in [1.54, 1.807) is 19.1 Å². The van der Waals surface area contributed by atoms with E-state index in [1.807, 2.05) is 0 Å². The molecule has 2 aromatic carbocycles. The van der Waals surface area contributed by atoms with Gasteiger partial charge in [0, 0.05) is 19.0 Å². The van der Waals surface area contributed by atoms with E-state index in [-0.39, 0.29) is 40.4 Å². The molecule has 0 aliphatic heterocycles. The summed E-state index contributed by atoms with van der Waals surface area (Å²) in [7, 11) is 1.44. The van der Waals surface area contributed by atoms with Crippen molar-refractivity contribution < 1.29 is 24.2 Å². The maximum atomic E-state index is 13.6. The zero-order valence-corrected chi connectivity index (χ0v) is 26.3. The molecule has 3 aromatic rings. The second-order valence-electron chi connectivity index (χ2n) is 13.5. The summed E-state index contributed by atoms with van der Waals surface area (Å²) in [6.45, 7) is 11.4. The number of ether oxygens (including phenoxy) is 1. The van der Waals surface area contributed by atoms with Gasteiger partial charge in [0.05, 0.1) is 13.0 Å². The number of aryl methyl sites for hydroxylation is 2. The highest BCUT2D eigenvalue weighted by atomic mass is 16.5. The highest BCUT2D eigenvalue weighted by molar-refractivity contribution is 5.77. The summed E-state index contributed by atoms with van der Waals surface area (Å²) in [5, 5.41) is 24.1. The van der Waals surface area contributed by atoms with Gasteiger partial charge in [0.2, 0.25) is 17.1 Å².